The third-order valence-corrected chi connectivity index (χ3v) is 3.16. The lowest BCUT2D eigenvalue weighted by Gasteiger charge is -2.02. The molecule has 14 heavy (non-hydrogen) atoms. The Balaban J connectivity index is 2.50. The molecule has 0 saturated carbocycles. The van der Waals surface area contributed by atoms with E-state index in [4.69, 9.17) is 0 Å². The maximum Gasteiger partial charge on any atom is 0.116 e. The monoisotopic (exact) mass is 208 g/mol. The van der Waals surface area contributed by atoms with Crippen LogP contribution in [0.25, 0.3) is 10.1 Å². The Bertz CT molecular complexity index is 445. The van der Waals surface area contributed by atoms with E-state index in [0.717, 1.165) is 15.6 Å². The second kappa shape index (κ2) is 3.59. The first-order valence-corrected chi connectivity index (χ1v) is 5.42. The van der Waals surface area contributed by atoms with Crippen LogP contribution in [-0.2, 0) is 6.42 Å². The average Bonchev–Trinajstić information content (AvgIpc) is 2.47. The number of phenolic OH excluding ortho intramolecular Hbond substituents is 1. The predicted octanol–water partition coefficient (Wildman–Crippen LogP) is 2.53. The standard InChI is InChI=1S/C11H12O2S/c1-7(12)4-8-6-14-11-3-2-9(13)5-10(8)11/h2-3,5-7,12-13H,4H2,1H3. The van der Waals surface area contributed by atoms with Gasteiger partial charge in [-0.15, -0.1) is 11.3 Å². The van der Waals surface area contributed by atoms with E-state index >= 15 is 0 Å². The van der Waals surface area contributed by atoms with Gasteiger partial charge in [0.2, 0.25) is 0 Å². The third-order valence-electron chi connectivity index (χ3n) is 2.15. The molecule has 1 atom stereocenters. The summed E-state index contributed by atoms with van der Waals surface area (Å²) in [6.45, 7) is 1.77. The van der Waals surface area contributed by atoms with Gasteiger partial charge in [-0.1, -0.05) is 0 Å². The molecule has 0 saturated heterocycles. The number of aliphatic hydroxyl groups is 1. The molecule has 0 amide bonds. The largest absolute Gasteiger partial charge is 0.508 e. The van der Waals surface area contributed by atoms with Crippen LogP contribution >= 0.6 is 11.3 Å². The summed E-state index contributed by atoms with van der Waals surface area (Å²) in [4.78, 5) is 0. The molecule has 2 rings (SSSR count). The summed E-state index contributed by atoms with van der Waals surface area (Å²) in [6, 6.07) is 5.34. The van der Waals surface area contributed by atoms with E-state index in [1.807, 2.05) is 11.4 Å². The second-order valence-electron chi connectivity index (χ2n) is 3.49. The van der Waals surface area contributed by atoms with E-state index in [1.165, 1.54) is 0 Å². The first-order valence-electron chi connectivity index (χ1n) is 4.54. The number of rotatable bonds is 2. The number of aliphatic hydroxyl groups excluding tert-OH is 1. The molecule has 1 heterocycles. The van der Waals surface area contributed by atoms with Crippen LogP contribution in [0.15, 0.2) is 23.6 Å². The van der Waals surface area contributed by atoms with Crippen LogP contribution < -0.4 is 0 Å². The highest BCUT2D eigenvalue weighted by Crippen LogP contribution is 2.29. The Morgan fingerprint density at radius 2 is 2.21 bits per heavy atom. The molecule has 0 aliphatic heterocycles. The SMILES string of the molecule is CC(O)Cc1csc2ccc(O)cc12. The van der Waals surface area contributed by atoms with Crippen molar-refractivity contribution in [3.05, 3.63) is 29.1 Å². The van der Waals surface area contributed by atoms with E-state index in [-0.39, 0.29) is 11.9 Å². The van der Waals surface area contributed by atoms with Crippen LogP contribution in [0.5, 0.6) is 5.75 Å². The lowest BCUT2D eigenvalue weighted by molar-refractivity contribution is 0.196. The number of aromatic hydroxyl groups is 1. The van der Waals surface area contributed by atoms with Gasteiger partial charge in [-0.25, -0.2) is 0 Å². The lowest BCUT2D eigenvalue weighted by Crippen LogP contribution is -2.03. The van der Waals surface area contributed by atoms with Crippen molar-refractivity contribution in [1.82, 2.24) is 0 Å². The summed E-state index contributed by atoms with van der Waals surface area (Å²) in [6.07, 6.45) is 0.304. The summed E-state index contributed by atoms with van der Waals surface area (Å²) < 4.78 is 1.15. The lowest BCUT2D eigenvalue weighted by atomic mass is 10.1. The van der Waals surface area contributed by atoms with Crippen molar-refractivity contribution in [2.75, 3.05) is 0 Å². The van der Waals surface area contributed by atoms with Gasteiger partial charge in [0.1, 0.15) is 5.75 Å². The molecule has 0 radical (unpaired) electrons. The molecule has 3 heteroatoms. The molecule has 74 valence electrons. The van der Waals surface area contributed by atoms with Crippen molar-refractivity contribution >= 4 is 21.4 Å². The predicted molar refractivity (Wildman–Crippen MR) is 58.9 cm³/mol. The maximum atomic E-state index is 9.35. The van der Waals surface area contributed by atoms with Gasteiger partial charge < -0.3 is 10.2 Å². The van der Waals surface area contributed by atoms with Gasteiger partial charge in [0.25, 0.3) is 0 Å². The van der Waals surface area contributed by atoms with Crippen LogP contribution in [0.2, 0.25) is 0 Å². The van der Waals surface area contributed by atoms with Gasteiger partial charge >= 0.3 is 0 Å². The number of fused-ring (bicyclic) bond motifs is 1. The van der Waals surface area contributed by atoms with Crippen molar-refractivity contribution in [2.24, 2.45) is 0 Å². The van der Waals surface area contributed by atoms with Crippen LogP contribution in [0.3, 0.4) is 0 Å². The summed E-state index contributed by atoms with van der Waals surface area (Å²) in [5.41, 5.74) is 1.11. The number of benzene rings is 1. The molecule has 0 aliphatic carbocycles. The molecule has 0 fully saturated rings. The Kier molecular flexibility index (Phi) is 2.44. The Morgan fingerprint density at radius 1 is 1.43 bits per heavy atom. The first kappa shape index (κ1) is 9.49. The molecule has 0 spiro atoms. The summed E-state index contributed by atoms with van der Waals surface area (Å²) in [7, 11) is 0. The number of phenols is 1. The highest BCUT2D eigenvalue weighted by Gasteiger charge is 2.06. The summed E-state index contributed by atoms with van der Waals surface area (Å²) in [5.74, 6) is 0.280. The number of thiophene rings is 1. The normalized spacial score (nSPS) is 13.3. The van der Waals surface area contributed by atoms with E-state index in [9.17, 15) is 10.2 Å². The number of hydrogen-bond acceptors (Lipinski definition) is 3. The van der Waals surface area contributed by atoms with Gasteiger partial charge in [0, 0.05) is 4.70 Å². The van der Waals surface area contributed by atoms with Gasteiger partial charge in [0.05, 0.1) is 6.10 Å². The van der Waals surface area contributed by atoms with Gasteiger partial charge in [-0.3, -0.25) is 0 Å². The maximum absolute atomic E-state index is 9.35. The Labute approximate surface area is 86.4 Å². The number of hydrogen-bond donors (Lipinski definition) is 2. The van der Waals surface area contributed by atoms with Crippen molar-refractivity contribution < 1.29 is 10.2 Å². The van der Waals surface area contributed by atoms with Crippen molar-refractivity contribution in [3.8, 4) is 5.75 Å². The van der Waals surface area contributed by atoms with Crippen LogP contribution in [0.4, 0.5) is 0 Å². The van der Waals surface area contributed by atoms with Gasteiger partial charge in [-0.2, -0.15) is 0 Å². The third kappa shape index (κ3) is 1.74. The molecular weight excluding hydrogens is 196 g/mol. The smallest absolute Gasteiger partial charge is 0.116 e. The zero-order valence-electron chi connectivity index (χ0n) is 7.90. The quantitative estimate of drug-likeness (QED) is 0.796. The van der Waals surface area contributed by atoms with Crippen molar-refractivity contribution in [3.63, 3.8) is 0 Å². The fourth-order valence-electron chi connectivity index (χ4n) is 1.55. The summed E-state index contributed by atoms with van der Waals surface area (Å²) >= 11 is 1.64. The fraction of sp³-hybridized carbons (Fsp3) is 0.273. The Hall–Kier alpha value is -1.06. The van der Waals surface area contributed by atoms with Crippen LogP contribution in [0.1, 0.15) is 12.5 Å². The molecule has 0 aliphatic rings. The molecule has 1 aromatic carbocycles. The Morgan fingerprint density at radius 3 is 2.93 bits per heavy atom. The second-order valence-corrected chi connectivity index (χ2v) is 4.41. The van der Waals surface area contributed by atoms with Crippen LogP contribution in [-0.4, -0.2) is 16.3 Å². The topological polar surface area (TPSA) is 40.5 Å². The van der Waals surface area contributed by atoms with Gasteiger partial charge in [-0.05, 0) is 47.9 Å². The highest BCUT2D eigenvalue weighted by molar-refractivity contribution is 7.17. The van der Waals surface area contributed by atoms with Gasteiger partial charge in [0.15, 0.2) is 0 Å². The van der Waals surface area contributed by atoms with E-state index < -0.39 is 0 Å². The molecule has 2 nitrogen and oxygen atoms in total. The van der Waals surface area contributed by atoms with E-state index in [0.29, 0.717) is 6.42 Å². The minimum Gasteiger partial charge on any atom is -0.508 e. The first-order chi connectivity index (χ1) is 6.66. The summed E-state index contributed by atoms with van der Waals surface area (Å²) in [5, 5.41) is 21.7. The molecule has 0 bridgehead atoms. The zero-order valence-corrected chi connectivity index (χ0v) is 8.71. The molecule has 1 unspecified atom stereocenters. The molecular formula is C11H12O2S. The zero-order chi connectivity index (χ0) is 10.1. The van der Waals surface area contributed by atoms with E-state index in [2.05, 4.69) is 0 Å². The van der Waals surface area contributed by atoms with Crippen LogP contribution in [0, 0.1) is 0 Å². The average molecular weight is 208 g/mol. The van der Waals surface area contributed by atoms with Crippen molar-refractivity contribution in [1.29, 1.82) is 0 Å². The van der Waals surface area contributed by atoms with E-state index in [1.54, 1.807) is 30.4 Å². The highest BCUT2D eigenvalue weighted by atomic mass is 32.1. The minimum atomic E-state index is -0.338. The molecule has 2 N–H and O–H groups in total. The molecule has 1 aromatic heterocycles. The minimum absolute atomic E-state index is 0.280. The van der Waals surface area contributed by atoms with Crippen molar-refractivity contribution in [2.45, 2.75) is 19.4 Å². The molecule has 2 aromatic rings. The fourth-order valence-corrected chi connectivity index (χ4v) is 2.50.